The molecule has 0 atom stereocenters. The Hall–Kier alpha value is -7.36. The van der Waals surface area contributed by atoms with Crippen molar-refractivity contribution < 1.29 is 4.74 Å². The molecule has 56 heavy (non-hydrogen) atoms. The maximum absolute atomic E-state index is 6.82. The first kappa shape index (κ1) is 32.1. The highest BCUT2D eigenvalue weighted by Gasteiger charge is 2.50. The van der Waals surface area contributed by atoms with Gasteiger partial charge in [0.2, 0.25) is 0 Å². The van der Waals surface area contributed by atoms with Crippen LogP contribution in [-0.2, 0) is 5.41 Å². The van der Waals surface area contributed by atoms with E-state index in [4.69, 9.17) is 14.7 Å². The van der Waals surface area contributed by atoms with Crippen molar-refractivity contribution in [3.8, 4) is 78.8 Å². The maximum atomic E-state index is 6.82. The Morgan fingerprint density at radius 3 is 1.41 bits per heavy atom. The van der Waals surface area contributed by atoms with Crippen LogP contribution in [0.15, 0.2) is 206 Å². The Balaban J connectivity index is 1.04. The van der Waals surface area contributed by atoms with Crippen molar-refractivity contribution in [2.24, 2.45) is 0 Å². The van der Waals surface area contributed by atoms with Crippen LogP contribution in [0.3, 0.4) is 0 Å². The van der Waals surface area contributed by atoms with Gasteiger partial charge in [-0.05, 0) is 74.8 Å². The highest BCUT2D eigenvalue weighted by Crippen LogP contribution is 2.62. The first-order valence-corrected chi connectivity index (χ1v) is 19.1. The number of fused-ring (bicyclic) bond motifs is 9. The Kier molecular flexibility index (Phi) is 7.39. The van der Waals surface area contributed by atoms with Crippen LogP contribution in [0.4, 0.5) is 0 Å². The van der Waals surface area contributed by atoms with Gasteiger partial charge in [0.05, 0.1) is 16.8 Å². The zero-order valence-corrected chi connectivity index (χ0v) is 30.4. The third-order valence-electron chi connectivity index (χ3n) is 11.4. The molecule has 11 rings (SSSR count). The van der Waals surface area contributed by atoms with E-state index in [1.165, 1.54) is 33.4 Å². The summed E-state index contributed by atoms with van der Waals surface area (Å²) >= 11 is 0. The number of ether oxygens (including phenoxy) is 1. The molecule has 1 aliphatic carbocycles. The summed E-state index contributed by atoms with van der Waals surface area (Å²) in [5, 5.41) is 0. The minimum atomic E-state index is -0.485. The summed E-state index contributed by atoms with van der Waals surface area (Å²) in [5.41, 5.74) is 16.2. The zero-order valence-electron chi connectivity index (χ0n) is 30.4. The van der Waals surface area contributed by atoms with Crippen molar-refractivity contribution >= 4 is 0 Å². The topological polar surface area (TPSA) is 35.0 Å². The fourth-order valence-corrected chi connectivity index (χ4v) is 8.85. The van der Waals surface area contributed by atoms with Crippen LogP contribution in [0.2, 0.25) is 0 Å². The number of nitrogens with zero attached hydrogens (tertiary/aromatic N) is 2. The van der Waals surface area contributed by atoms with E-state index in [2.05, 4.69) is 182 Å². The van der Waals surface area contributed by atoms with Gasteiger partial charge < -0.3 is 4.74 Å². The van der Waals surface area contributed by atoms with Gasteiger partial charge in [0.15, 0.2) is 5.82 Å². The molecule has 0 bridgehead atoms. The normalized spacial score (nSPS) is 12.9. The van der Waals surface area contributed by atoms with Gasteiger partial charge in [-0.2, -0.15) is 0 Å². The molecule has 0 radical (unpaired) electrons. The minimum absolute atomic E-state index is 0.485. The predicted molar refractivity (Wildman–Crippen MR) is 227 cm³/mol. The molecule has 8 aromatic carbocycles. The SMILES string of the molecule is c1ccc(-c2cccc(-c3cc(-c4cccc(-c5ccc6c(c5)Oc5ccccc5C65c6ccccc6-c6ccccc65)c4)nc(-c4ccccc4)n3)c2)cc1. The molecule has 262 valence electrons. The minimum Gasteiger partial charge on any atom is -0.457 e. The lowest BCUT2D eigenvalue weighted by molar-refractivity contribution is 0.436. The molecule has 0 saturated carbocycles. The van der Waals surface area contributed by atoms with Crippen molar-refractivity contribution in [3.63, 3.8) is 0 Å². The second-order valence-electron chi connectivity index (χ2n) is 14.5. The van der Waals surface area contributed by atoms with Crippen LogP contribution < -0.4 is 4.74 Å². The van der Waals surface area contributed by atoms with E-state index in [-0.39, 0.29) is 0 Å². The third kappa shape index (κ3) is 5.05. The molecular weight excluding hydrogens is 681 g/mol. The van der Waals surface area contributed by atoms with Crippen molar-refractivity contribution in [1.29, 1.82) is 0 Å². The standard InChI is InChI=1S/C53H34N2O/c1-3-15-35(16-4-1)37-19-13-21-40(31-37)48-34-49(55-52(54-48)36-17-5-2-6-18-36)41-22-14-20-38(32-41)39-29-30-47-51(33-39)56-50-28-12-11-27-46(50)53(47)44-25-9-7-23-42(44)43-24-8-10-26-45(43)53/h1-34H. The lowest BCUT2D eigenvalue weighted by Gasteiger charge is -2.39. The van der Waals surface area contributed by atoms with Crippen LogP contribution in [0.1, 0.15) is 22.3 Å². The van der Waals surface area contributed by atoms with Gasteiger partial charge in [-0.3, -0.25) is 0 Å². The lowest BCUT2D eigenvalue weighted by Crippen LogP contribution is -2.32. The van der Waals surface area contributed by atoms with Gasteiger partial charge in [-0.25, -0.2) is 9.97 Å². The average Bonchev–Trinajstić information content (AvgIpc) is 3.57. The average molecular weight is 715 g/mol. The molecule has 3 heteroatoms. The summed E-state index contributed by atoms with van der Waals surface area (Å²) in [6.07, 6.45) is 0. The number of para-hydroxylation sites is 1. The Labute approximate surface area is 326 Å². The number of aromatic nitrogens is 2. The quantitative estimate of drug-likeness (QED) is 0.178. The van der Waals surface area contributed by atoms with Crippen LogP contribution in [-0.4, -0.2) is 9.97 Å². The number of rotatable bonds is 5. The maximum Gasteiger partial charge on any atom is 0.160 e. The summed E-state index contributed by atoms with van der Waals surface area (Å²) in [7, 11) is 0. The molecule has 0 unspecified atom stereocenters. The van der Waals surface area contributed by atoms with Crippen LogP contribution in [0.25, 0.3) is 67.3 Å². The molecule has 2 heterocycles. The first-order valence-electron chi connectivity index (χ1n) is 19.1. The molecule has 0 saturated heterocycles. The second kappa shape index (κ2) is 12.9. The molecule has 3 nitrogen and oxygen atoms in total. The largest absolute Gasteiger partial charge is 0.457 e. The molecular formula is C53H34N2O. The van der Waals surface area contributed by atoms with Gasteiger partial charge >= 0.3 is 0 Å². The highest BCUT2D eigenvalue weighted by molar-refractivity contribution is 5.89. The van der Waals surface area contributed by atoms with Gasteiger partial charge in [-0.15, -0.1) is 0 Å². The second-order valence-corrected chi connectivity index (χ2v) is 14.5. The fourth-order valence-electron chi connectivity index (χ4n) is 8.85. The summed E-state index contributed by atoms with van der Waals surface area (Å²) in [4.78, 5) is 10.3. The van der Waals surface area contributed by atoms with Crippen LogP contribution >= 0.6 is 0 Å². The van der Waals surface area contributed by atoms with Crippen molar-refractivity contribution in [2.75, 3.05) is 0 Å². The molecule has 0 amide bonds. The summed E-state index contributed by atoms with van der Waals surface area (Å²) in [5.74, 6) is 2.44. The lowest BCUT2D eigenvalue weighted by atomic mass is 9.66. The summed E-state index contributed by atoms with van der Waals surface area (Å²) < 4.78 is 6.82. The number of benzene rings is 8. The van der Waals surface area contributed by atoms with E-state index in [1.807, 2.05) is 24.3 Å². The molecule has 1 spiro atoms. The number of hydrogen-bond acceptors (Lipinski definition) is 3. The number of hydrogen-bond donors (Lipinski definition) is 0. The Morgan fingerprint density at radius 2 is 0.768 bits per heavy atom. The third-order valence-corrected chi connectivity index (χ3v) is 11.4. The molecule has 2 aliphatic rings. The van der Waals surface area contributed by atoms with Gasteiger partial charge in [-0.1, -0.05) is 176 Å². The fraction of sp³-hybridized carbons (Fsp3) is 0.0189. The van der Waals surface area contributed by atoms with Crippen molar-refractivity contribution in [1.82, 2.24) is 9.97 Å². The van der Waals surface area contributed by atoms with Gasteiger partial charge in [0.1, 0.15) is 11.5 Å². The molecule has 0 N–H and O–H groups in total. The van der Waals surface area contributed by atoms with Crippen LogP contribution in [0.5, 0.6) is 11.5 Å². The van der Waals surface area contributed by atoms with Crippen molar-refractivity contribution in [2.45, 2.75) is 5.41 Å². The van der Waals surface area contributed by atoms with E-state index in [0.29, 0.717) is 5.82 Å². The van der Waals surface area contributed by atoms with Gasteiger partial charge in [0, 0.05) is 27.8 Å². The molecule has 1 aliphatic heterocycles. The van der Waals surface area contributed by atoms with E-state index in [1.54, 1.807) is 0 Å². The molecule has 1 aromatic heterocycles. The van der Waals surface area contributed by atoms with E-state index < -0.39 is 5.41 Å². The van der Waals surface area contributed by atoms with E-state index in [9.17, 15) is 0 Å². The molecule has 0 fully saturated rings. The monoisotopic (exact) mass is 714 g/mol. The first-order chi connectivity index (χ1) is 27.7. The molecule has 9 aromatic rings. The summed E-state index contributed by atoms with van der Waals surface area (Å²) in [6.45, 7) is 0. The van der Waals surface area contributed by atoms with Crippen molar-refractivity contribution in [3.05, 3.63) is 229 Å². The van der Waals surface area contributed by atoms with Crippen LogP contribution in [0, 0.1) is 0 Å². The highest BCUT2D eigenvalue weighted by atomic mass is 16.5. The predicted octanol–water partition coefficient (Wildman–Crippen LogP) is 13.3. The van der Waals surface area contributed by atoms with Gasteiger partial charge in [0.25, 0.3) is 0 Å². The Bertz CT molecular complexity index is 2910. The zero-order chi connectivity index (χ0) is 37.1. The Morgan fingerprint density at radius 1 is 0.304 bits per heavy atom. The smallest absolute Gasteiger partial charge is 0.160 e. The summed E-state index contributed by atoms with van der Waals surface area (Å²) in [6, 6.07) is 73.0. The van der Waals surface area contributed by atoms with E-state index >= 15 is 0 Å². The van der Waals surface area contributed by atoms with E-state index in [0.717, 1.165) is 61.8 Å².